The van der Waals surface area contributed by atoms with Crippen LogP contribution in [0.1, 0.15) is 18.4 Å². The maximum atomic E-state index is 11.0. The highest BCUT2D eigenvalue weighted by Gasteiger charge is 2.35. The fraction of sp³-hybridized carbons (Fsp3) is 0.400. The molecule has 4 nitrogen and oxygen atoms in total. The van der Waals surface area contributed by atoms with Crippen LogP contribution >= 0.6 is 11.6 Å². The SMILES string of the molecule is OC1(c2ccc(Cl)cc2)CCN(C[C@H]2COc3ccccc3O2)CC1. The van der Waals surface area contributed by atoms with Gasteiger partial charge in [0, 0.05) is 24.7 Å². The van der Waals surface area contributed by atoms with Crippen molar-refractivity contribution in [3.63, 3.8) is 0 Å². The lowest BCUT2D eigenvalue weighted by Gasteiger charge is -2.40. The molecule has 2 aromatic carbocycles. The molecule has 1 N–H and O–H groups in total. The first-order chi connectivity index (χ1) is 12.1. The third-order valence-corrected chi connectivity index (χ3v) is 5.35. The van der Waals surface area contributed by atoms with Crippen LogP contribution in [0.3, 0.4) is 0 Å². The molecule has 2 heterocycles. The summed E-state index contributed by atoms with van der Waals surface area (Å²) < 4.78 is 11.8. The smallest absolute Gasteiger partial charge is 0.161 e. The van der Waals surface area contributed by atoms with Crippen molar-refractivity contribution < 1.29 is 14.6 Å². The average Bonchev–Trinajstić information content (AvgIpc) is 2.64. The molecule has 0 saturated carbocycles. The molecule has 0 radical (unpaired) electrons. The van der Waals surface area contributed by atoms with Gasteiger partial charge in [-0.15, -0.1) is 0 Å². The molecule has 0 aromatic heterocycles. The van der Waals surface area contributed by atoms with E-state index < -0.39 is 5.60 Å². The molecule has 0 spiro atoms. The van der Waals surface area contributed by atoms with Gasteiger partial charge in [-0.2, -0.15) is 0 Å². The molecule has 1 atom stereocenters. The first kappa shape index (κ1) is 16.7. The van der Waals surface area contributed by atoms with Crippen molar-refractivity contribution in [3.05, 3.63) is 59.1 Å². The fourth-order valence-corrected chi connectivity index (χ4v) is 3.72. The van der Waals surface area contributed by atoms with Crippen LogP contribution in [0.5, 0.6) is 11.5 Å². The number of aliphatic hydroxyl groups is 1. The molecule has 0 aliphatic carbocycles. The van der Waals surface area contributed by atoms with Crippen molar-refractivity contribution in [2.45, 2.75) is 24.5 Å². The molecule has 2 aliphatic heterocycles. The summed E-state index contributed by atoms with van der Waals surface area (Å²) in [6.07, 6.45) is 1.44. The highest BCUT2D eigenvalue weighted by Crippen LogP contribution is 2.34. The van der Waals surface area contributed by atoms with E-state index in [0.29, 0.717) is 24.5 Å². The maximum Gasteiger partial charge on any atom is 0.161 e. The van der Waals surface area contributed by atoms with E-state index in [1.54, 1.807) is 0 Å². The van der Waals surface area contributed by atoms with E-state index in [2.05, 4.69) is 4.90 Å². The molecule has 25 heavy (non-hydrogen) atoms. The van der Waals surface area contributed by atoms with Crippen LogP contribution in [0.25, 0.3) is 0 Å². The number of ether oxygens (including phenoxy) is 2. The summed E-state index contributed by atoms with van der Waals surface area (Å²) in [4.78, 5) is 2.34. The highest BCUT2D eigenvalue weighted by atomic mass is 35.5. The Hall–Kier alpha value is -1.75. The summed E-state index contributed by atoms with van der Waals surface area (Å²) in [6.45, 7) is 3.04. The van der Waals surface area contributed by atoms with Gasteiger partial charge in [-0.3, -0.25) is 4.90 Å². The van der Waals surface area contributed by atoms with Crippen molar-refractivity contribution in [2.75, 3.05) is 26.2 Å². The number of hydrogen-bond donors (Lipinski definition) is 1. The second-order valence-electron chi connectivity index (χ2n) is 6.84. The van der Waals surface area contributed by atoms with E-state index in [1.807, 2.05) is 48.5 Å². The van der Waals surface area contributed by atoms with Crippen LogP contribution in [0.2, 0.25) is 5.02 Å². The molecule has 5 heteroatoms. The second kappa shape index (κ2) is 6.87. The summed E-state index contributed by atoms with van der Waals surface area (Å²) in [5.74, 6) is 1.63. The number of hydrogen-bond acceptors (Lipinski definition) is 4. The molecule has 0 bridgehead atoms. The lowest BCUT2D eigenvalue weighted by molar-refractivity contribution is -0.0373. The quantitative estimate of drug-likeness (QED) is 0.911. The average molecular weight is 360 g/mol. The Labute approximate surface area is 152 Å². The number of fused-ring (bicyclic) bond motifs is 1. The summed E-state index contributed by atoms with van der Waals surface area (Å²) in [5.41, 5.74) is 0.181. The Morgan fingerprint density at radius 2 is 1.72 bits per heavy atom. The van der Waals surface area contributed by atoms with E-state index in [0.717, 1.165) is 36.7 Å². The Kier molecular flexibility index (Phi) is 4.59. The lowest BCUT2D eigenvalue weighted by atomic mass is 9.84. The number of benzene rings is 2. The van der Waals surface area contributed by atoms with Gasteiger partial charge in [0.2, 0.25) is 0 Å². The van der Waals surface area contributed by atoms with Crippen LogP contribution in [0, 0.1) is 0 Å². The van der Waals surface area contributed by atoms with E-state index in [9.17, 15) is 5.11 Å². The molecule has 1 saturated heterocycles. The highest BCUT2D eigenvalue weighted by molar-refractivity contribution is 6.30. The van der Waals surface area contributed by atoms with Gasteiger partial charge in [0.05, 0.1) is 5.60 Å². The Morgan fingerprint density at radius 3 is 2.44 bits per heavy atom. The molecular weight excluding hydrogens is 338 g/mol. The molecule has 2 aromatic rings. The third-order valence-electron chi connectivity index (χ3n) is 5.09. The summed E-state index contributed by atoms with van der Waals surface area (Å²) >= 11 is 5.95. The van der Waals surface area contributed by atoms with E-state index in [4.69, 9.17) is 21.1 Å². The fourth-order valence-electron chi connectivity index (χ4n) is 3.60. The molecule has 2 aliphatic rings. The number of halogens is 1. The normalized spacial score (nSPS) is 22.6. The predicted octanol–water partition coefficient (Wildman–Crippen LogP) is 3.46. The van der Waals surface area contributed by atoms with Crippen LogP contribution in [-0.2, 0) is 5.60 Å². The molecule has 4 rings (SSSR count). The standard InChI is InChI=1S/C20H22ClNO3/c21-16-7-5-15(6-8-16)20(23)9-11-22(12-10-20)13-17-14-24-18-3-1-2-4-19(18)25-17/h1-8,17,23H,9-14H2/t17-/m0/s1. The van der Waals surface area contributed by atoms with Crippen LogP contribution in [0.15, 0.2) is 48.5 Å². The van der Waals surface area contributed by atoms with Crippen molar-refractivity contribution in [3.8, 4) is 11.5 Å². The summed E-state index contributed by atoms with van der Waals surface area (Å²) in [5, 5.41) is 11.7. The predicted molar refractivity (Wildman–Crippen MR) is 97.4 cm³/mol. The Balaban J connectivity index is 1.34. The molecule has 0 unspecified atom stereocenters. The lowest BCUT2D eigenvalue weighted by Crippen LogP contribution is -2.47. The first-order valence-electron chi connectivity index (χ1n) is 8.72. The van der Waals surface area contributed by atoms with E-state index in [-0.39, 0.29) is 6.10 Å². The van der Waals surface area contributed by atoms with Crippen LogP contribution in [0.4, 0.5) is 0 Å². The van der Waals surface area contributed by atoms with Crippen molar-refractivity contribution in [1.29, 1.82) is 0 Å². The van der Waals surface area contributed by atoms with Gasteiger partial charge in [0.15, 0.2) is 11.5 Å². The van der Waals surface area contributed by atoms with Gasteiger partial charge in [-0.25, -0.2) is 0 Å². The maximum absolute atomic E-state index is 11.0. The Morgan fingerprint density at radius 1 is 1.04 bits per heavy atom. The first-order valence-corrected chi connectivity index (χ1v) is 9.09. The number of likely N-dealkylation sites (tertiary alicyclic amines) is 1. The second-order valence-corrected chi connectivity index (χ2v) is 7.27. The zero-order valence-electron chi connectivity index (χ0n) is 14.0. The van der Waals surface area contributed by atoms with Crippen molar-refractivity contribution in [2.24, 2.45) is 0 Å². The summed E-state index contributed by atoms with van der Waals surface area (Å²) in [7, 11) is 0. The largest absolute Gasteiger partial charge is 0.486 e. The van der Waals surface area contributed by atoms with Gasteiger partial charge >= 0.3 is 0 Å². The molecule has 1 fully saturated rings. The number of rotatable bonds is 3. The third kappa shape index (κ3) is 3.61. The van der Waals surface area contributed by atoms with Crippen molar-refractivity contribution >= 4 is 11.6 Å². The molecule has 0 amide bonds. The van der Waals surface area contributed by atoms with Gasteiger partial charge < -0.3 is 14.6 Å². The molecule has 132 valence electrons. The summed E-state index contributed by atoms with van der Waals surface area (Å²) in [6, 6.07) is 15.3. The van der Waals surface area contributed by atoms with Gasteiger partial charge in [0.25, 0.3) is 0 Å². The number of piperidine rings is 1. The van der Waals surface area contributed by atoms with Gasteiger partial charge in [-0.05, 0) is 42.7 Å². The minimum Gasteiger partial charge on any atom is -0.486 e. The minimum atomic E-state index is -0.766. The number of para-hydroxylation sites is 2. The van der Waals surface area contributed by atoms with Gasteiger partial charge in [-0.1, -0.05) is 35.9 Å². The zero-order chi connectivity index (χ0) is 17.3. The minimum absolute atomic E-state index is 0.0247. The Bertz CT molecular complexity index is 726. The van der Waals surface area contributed by atoms with Crippen LogP contribution in [-0.4, -0.2) is 42.4 Å². The topological polar surface area (TPSA) is 41.9 Å². The molecular formula is C20H22ClNO3. The van der Waals surface area contributed by atoms with E-state index in [1.165, 1.54) is 0 Å². The number of nitrogens with zero attached hydrogens (tertiary/aromatic N) is 1. The van der Waals surface area contributed by atoms with Crippen LogP contribution < -0.4 is 9.47 Å². The van der Waals surface area contributed by atoms with Crippen molar-refractivity contribution in [1.82, 2.24) is 4.90 Å². The zero-order valence-corrected chi connectivity index (χ0v) is 14.8. The van der Waals surface area contributed by atoms with E-state index >= 15 is 0 Å². The van der Waals surface area contributed by atoms with Gasteiger partial charge in [0.1, 0.15) is 12.7 Å². The monoisotopic (exact) mass is 359 g/mol.